The van der Waals surface area contributed by atoms with Crippen molar-refractivity contribution in [1.82, 2.24) is 14.6 Å². The van der Waals surface area contributed by atoms with Gasteiger partial charge in [-0.15, -0.1) is 11.3 Å². The van der Waals surface area contributed by atoms with E-state index in [2.05, 4.69) is 20.2 Å². The average Bonchev–Trinajstić information content (AvgIpc) is 3.07. The van der Waals surface area contributed by atoms with Gasteiger partial charge in [-0.05, 0) is 13.8 Å². The number of primary amides is 1. The maximum absolute atomic E-state index is 12.8. The fourth-order valence-electron chi connectivity index (χ4n) is 2.30. The van der Waals surface area contributed by atoms with Gasteiger partial charge in [0, 0.05) is 5.38 Å². The number of carboxylic acid groups (broad SMARTS) is 1. The average molecular weight is 494 g/mol. The summed E-state index contributed by atoms with van der Waals surface area (Å²) in [4.78, 5) is 55.8. The lowest BCUT2D eigenvalue weighted by Gasteiger charge is -2.43. The lowest BCUT2D eigenvalue weighted by molar-refractivity contribution is -0.161. The quantitative estimate of drug-likeness (QED) is 0.107. The molecule has 7 N–H and O–H groups in total. The number of anilines is 1. The molecule has 2 rings (SSSR count). The summed E-state index contributed by atoms with van der Waals surface area (Å²) < 4.78 is 36.4. The van der Waals surface area contributed by atoms with Crippen LogP contribution in [0.25, 0.3) is 0 Å². The van der Waals surface area contributed by atoms with E-state index in [1.54, 1.807) is 0 Å². The van der Waals surface area contributed by atoms with Crippen LogP contribution in [0.4, 0.5) is 9.93 Å². The lowest BCUT2D eigenvalue weighted by Crippen LogP contribution is -2.73. The van der Waals surface area contributed by atoms with Crippen LogP contribution in [0.15, 0.2) is 10.5 Å². The lowest BCUT2D eigenvalue weighted by atomic mass is 9.99. The summed E-state index contributed by atoms with van der Waals surface area (Å²) in [6.45, 7) is 1.53. The fraction of sp³-hybridized carbons (Fsp3) is 0.429. The number of hydrogen-bond donors (Lipinski definition) is 5. The summed E-state index contributed by atoms with van der Waals surface area (Å²) in [6.07, 6.45) is -1.30. The van der Waals surface area contributed by atoms with Crippen LogP contribution in [0.1, 0.15) is 19.5 Å². The number of carbonyl (C=O) groups is 4. The monoisotopic (exact) mass is 494 g/mol. The van der Waals surface area contributed by atoms with Crippen LogP contribution in [0.3, 0.4) is 0 Å². The van der Waals surface area contributed by atoms with E-state index < -0.39 is 64.2 Å². The van der Waals surface area contributed by atoms with Gasteiger partial charge < -0.3 is 31.5 Å². The molecule has 32 heavy (non-hydrogen) atoms. The summed E-state index contributed by atoms with van der Waals surface area (Å²) in [5, 5.41) is 16.1. The van der Waals surface area contributed by atoms with Crippen LogP contribution in [0.5, 0.6) is 0 Å². The number of thiazole rings is 1. The van der Waals surface area contributed by atoms with Gasteiger partial charge in [-0.1, -0.05) is 5.16 Å². The van der Waals surface area contributed by atoms with Gasteiger partial charge in [0.05, 0.1) is 0 Å². The number of nitrogens with one attached hydrogen (secondary N) is 1. The molecule has 0 saturated carbocycles. The van der Waals surface area contributed by atoms with Crippen molar-refractivity contribution >= 4 is 56.4 Å². The number of carboxylic acids is 1. The number of aliphatic carboxylic acids is 1. The maximum Gasteiger partial charge on any atom is 0.404 e. The normalized spacial score (nSPS) is 19.2. The standard InChI is InChI=1S/C14H18N6O10S2/c1-14(2,11(23)24)30-19-7(5-4-31-12(15)17-5)9(21)18-8-6(3-29-13(16)25)20(10(8)22)32(26,27)28/h4,6,8H,3H2,1-2H3,(H2,15,17)(H2,16,25)(H,18,21)(H,23,24)(H,26,27,28)/b19-7+/t6-,8+/m1/s1. The first-order chi connectivity index (χ1) is 14.6. The molecule has 2 atom stereocenters. The SMILES string of the molecule is CC(C)(O/N=C(/C(=O)N[C@@H]1C(=O)N(S(=O)(=O)O)[C@@H]1COC(N)=O)c1csc(N)n1)C(=O)O. The molecule has 18 heteroatoms. The first-order valence-corrected chi connectivity index (χ1v) is 10.7. The zero-order valence-corrected chi connectivity index (χ0v) is 18.0. The van der Waals surface area contributed by atoms with E-state index in [-0.39, 0.29) is 15.1 Å². The molecule has 0 aliphatic carbocycles. The predicted octanol–water partition coefficient (Wildman–Crippen LogP) is -2.10. The number of nitrogens with two attached hydrogens (primary N) is 2. The highest BCUT2D eigenvalue weighted by Crippen LogP contribution is 2.24. The summed E-state index contributed by atoms with van der Waals surface area (Å²) in [7, 11) is -5.04. The summed E-state index contributed by atoms with van der Waals surface area (Å²) in [6, 6.07) is -3.11. The van der Waals surface area contributed by atoms with Gasteiger partial charge in [0.15, 0.2) is 10.8 Å². The topological polar surface area (TPSA) is 254 Å². The molecule has 176 valence electrons. The number of amides is 3. The number of carbonyl (C=O) groups excluding carboxylic acids is 3. The second-order valence-electron chi connectivity index (χ2n) is 6.68. The Kier molecular flexibility index (Phi) is 6.90. The molecular formula is C14H18N6O10S2. The zero-order chi connectivity index (χ0) is 24.4. The molecule has 1 aromatic rings. The van der Waals surface area contributed by atoms with Gasteiger partial charge in [0.1, 0.15) is 24.4 Å². The second-order valence-corrected chi connectivity index (χ2v) is 8.86. The number of β-lactam (4-membered cyclic amide) rings is 1. The highest BCUT2D eigenvalue weighted by Gasteiger charge is 2.55. The number of nitrogens with zero attached hydrogens (tertiary/aromatic N) is 3. The van der Waals surface area contributed by atoms with Crippen molar-refractivity contribution in [3.05, 3.63) is 11.1 Å². The van der Waals surface area contributed by atoms with Crippen molar-refractivity contribution in [3.8, 4) is 0 Å². The number of rotatable bonds is 9. The van der Waals surface area contributed by atoms with Crippen molar-refractivity contribution in [2.75, 3.05) is 12.3 Å². The molecule has 1 aliphatic heterocycles. The van der Waals surface area contributed by atoms with E-state index in [1.807, 2.05) is 0 Å². The molecule has 16 nitrogen and oxygen atoms in total. The van der Waals surface area contributed by atoms with E-state index in [9.17, 15) is 32.1 Å². The first-order valence-electron chi connectivity index (χ1n) is 8.40. The van der Waals surface area contributed by atoms with Crippen molar-refractivity contribution in [2.45, 2.75) is 31.5 Å². The number of ether oxygens (including phenoxy) is 1. The highest BCUT2D eigenvalue weighted by atomic mass is 32.2. The Hall–Kier alpha value is -3.51. The minimum absolute atomic E-state index is 0.0113. The molecule has 1 aliphatic rings. The first kappa shape index (κ1) is 24.8. The van der Waals surface area contributed by atoms with Crippen LogP contribution in [0.2, 0.25) is 0 Å². The van der Waals surface area contributed by atoms with Crippen LogP contribution >= 0.6 is 11.3 Å². The van der Waals surface area contributed by atoms with Gasteiger partial charge >= 0.3 is 22.4 Å². The van der Waals surface area contributed by atoms with Crippen LogP contribution in [-0.2, 0) is 34.3 Å². The molecule has 0 spiro atoms. The highest BCUT2D eigenvalue weighted by molar-refractivity contribution is 7.84. The van der Waals surface area contributed by atoms with Gasteiger partial charge in [0.25, 0.3) is 11.8 Å². The van der Waals surface area contributed by atoms with Crippen LogP contribution in [0, 0.1) is 0 Å². The molecule has 1 saturated heterocycles. The molecular weight excluding hydrogens is 476 g/mol. The van der Waals surface area contributed by atoms with Crippen molar-refractivity contribution in [3.63, 3.8) is 0 Å². The number of hydrogen-bond acceptors (Lipinski definition) is 12. The van der Waals surface area contributed by atoms with Crippen molar-refractivity contribution < 1.29 is 46.8 Å². The number of oxime groups is 1. The number of aromatic nitrogens is 1. The zero-order valence-electron chi connectivity index (χ0n) is 16.4. The molecule has 0 aromatic carbocycles. The molecule has 0 unspecified atom stereocenters. The molecule has 0 bridgehead atoms. The van der Waals surface area contributed by atoms with E-state index in [4.69, 9.17) is 21.4 Å². The Morgan fingerprint density at radius 2 is 2.03 bits per heavy atom. The van der Waals surface area contributed by atoms with Crippen molar-refractivity contribution in [1.29, 1.82) is 0 Å². The smallest absolute Gasteiger partial charge is 0.404 e. The van der Waals surface area contributed by atoms with Gasteiger partial charge in [-0.25, -0.2) is 18.9 Å². The summed E-state index contributed by atoms with van der Waals surface area (Å²) in [5.41, 5.74) is 7.79. The van der Waals surface area contributed by atoms with E-state index in [0.29, 0.717) is 0 Å². The molecule has 2 heterocycles. The summed E-state index contributed by atoms with van der Waals surface area (Å²) >= 11 is 0.920. The summed E-state index contributed by atoms with van der Waals surface area (Å²) in [5.74, 6) is -3.78. The minimum atomic E-state index is -5.04. The van der Waals surface area contributed by atoms with E-state index >= 15 is 0 Å². The second kappa shape index (κ2) is 8.93. The van der Waals surface area contributed by atoms with E-state index in [1.165, 1.54) is 5.38 Å². The molecule has 1 fully saturated rings. The molecule has 3 amide bonds. The van der Waals surface area contributed by atoms with Gasteiger partial charge in [0.2, 0.25) is 5.60 Å². The number of nitrogen functional groups attached to an aromatic ring is 1. The Bertz CT molecular complexity index is 1080. The Balaban J connectivity index is 2.32. The maximum atomic E-state index is 12.8. The Morgan fingerprint density at radius 1 is 1.41 bits per heavy atom. The van der Waals surface area contributed by atoms with Gasteiger partial charge in [-0.3, -0.25) is 14.1 Å². The largest absolute Gasteiger partial charge is 0.478 e. The van der Waals surface area contributed by atoms with Crippen LogP contribution in [-0.4, -0.2) is 81.2 Å². The predicted molar refractivity (Wildman–Crippen MR) is 106 cm³/mol. The fourth-order valence-corrected chi connectivity index (χ4v) is 3.72. The van der Waals surface area contributed by atoms with Crippen molar-refractivity contribution in [2.24, 2.45) is 10.9 Å². The third-order valence-electron chi connectivity index (χ3n) is 3.96. The Morgan fingerprint density at radius 3 is 2.50 bits per heavy atom. The van der Waals surface area contributed by atoms with Crippen LogP contribution < -0.4 is 16.8 Å². The minimum Gasteiger partial charge on any atom is -0.478 e. The Labute approximate surface area is 184 Å². The third-order valence-corrected chi connectivity index (χ3v) is 5.58. The van der Waals surface area contributed by atoms with E-state index in [0.717, 1.165) is 25.2 Å². The molecule has 1 aromatic heterocycles. The molecule has 0 radical (unpaired) electrons. The third kappa shape index (κ3) is 5.39. The van der Waals surface area contributed by atoms with Gasteiger partial charge in [-0.2, -0.15) is 8.42 Å².